The van der Waals surface area contributed by atoms with Gasteiger partial charge in [0.25, 0.3) is 0 Å². The fraction of sp³-hybridized carbons (Fsp3) is 0.188. The summed E-state index contributed by atoms with van der Waals surface area (Å²) in [6, 6.07) is 14.4. The summed E-state index contributed by atoms with van der Waals surface area (Å²) in [5.41, 5.74) is 5.65. The number of aryl methyl sites for hydroxylation is 3. The molecule has 19 heavy (non-hydrogen) atoms. The Morgan fingerprint density at radius 1 is 0.842 bits per heavy atom. The minimum atomic E-state index is 0.614. The van der Waals surface area contributed by atoms with Crippen molar-refractivity contribution in [3.05, 3.63) is 59.2 Å². The molecule has 2 aromatic rings. The van der Waals surface area contributed by atoms with Crippen molar-refractivity contribution < 1.29 is 0 Å². The van der Waals surface area contributed by atoms with Crippen LogP contribution in [-0.2, 0) is 0 Å². The Kier molecular flexibility index (Phi) is 4.17. The van der Waals surface area contributed by atoms with E-state index in [9.17, 15) is 0 Å². The first-order chi connectivity index (χ1) is 9.06. The molecular formula is C16H18N2S. The van der Waals surface area contributed by atoms with Crippen LogP contribution in [0.5, 0.6) is 0 Å². The lowest BCUT2D eigenvalue weighted by Crippen LogP contribution is -2.20. The second-order valence-corrected chi connectivity index (χ2v) is 5.12. The minimum Gasteiger partial charge on any atom is -0.332 e. The second-order valence-electron chi connectivity index (χ2n) is 4.71. The number of hydrogen-bond donors (Lipinski definition) is 2. The lowest BCUT2D eigenvalue weighted by atomic mass is 10.1. The van der Waals surface area contributed by atoms with E-state index in [-0.39, 0.29) is 0 Å². The predicted molar refractivity (Wildman–Crippen MR) is 86.9 cm³/mol. The molecule has 0 aliphatic rings. The van der Waals surface area contributed by atoms with Gasteiger partial charge in [0.2, 0.25) is 0 Å². The number of rotatable bonds is 2. The van der Waals surface area contributed by atoms with E-state index in [0.29, 0.717) is 5.11 Å². The Hall–Kier alpha value is -1.87. The van der Waals surface area contributed by atoms with Gasteiger partial charge in [0.15, 0.2) is 5.11 Å². The molecule has 3 heteroatoms. The predicted octanol–water partition coefficient (Wildman–Crippen LogP) is 4.42. The van der Waals surface area contributed by atoms with Crippen molar-refractivity contribution in [2.75, 3.05) is 10.6 Å². The smallest absolute Gasteiger partial charge is 0.175 e. The summed E-state index contributed by atoms with van der Waals surface area (Å²) in [5, 5.41) is 7.09. The van der Waals surface area contributed by atoms with Gasteiger partial charge in [0, 0.05) is 11.4 Å². The first-order valence-corrected chi connectivity index (χ1v) is 6.68. The number of anilines is 2. The van der Waals surface area contributed by atoms with Gasteiger partial charge >= 0.3 is 0 Å². The van der Waals surface area contributed by atoms with Crippen LogP contribution in [0.25, 0.3) is 0 Å². The summed E-state index contributed by atoms with van der Waals surface area (Å²) in [4.78, 5) is 0. The summed E-state index contributed by atoms with van der Waals surface area (Å²) < 4.78 is 0. The van der Waals surface area contributed by atoms with E-state index in [1.807, 2.05) is 18.2 Å². The van der Waals surface area contributed by atoms with E-state index in [4.69, 9.17) is 12.2 Å². The largest absolute Gasteiger partial charge is 0.332 e. The Morgan fingerprint density at radius 3 is 2.21 bits per heavy atom. The molecule has 2 rings (SSSR count). The van der Waals surface area contributed by atoms with Crippen LogP contribution >= 0.6 is 12.2 Å². The van der Waals surface area contributed by atoms with E-state index < -0.39 is 0 Å². The Balaban J connectivity index is 2.10. The van der Waals surface area contributed by atoms with Gasteiger partial charge in [0.05, 0.1) is 0 Å². The van der Waals surface area contributed by atoms with Crippen LogP contribution in [0.3, 0.4) is 0 Å². The van der Waals surface area contributed by atoms with Crippen molar-refractivity contribution in [3.63, 3.8) is 0 Å². The molecule has 0 aliphatic carbocycles. The van der Waals surface area contributed by atoms with Crippen LogP contribution in [0.1, 0.15) is 16.7 Å². The molecule has 0 atom stereocenters. The lowest BCUT2D eigenvalue weighted by molar-refractivity contribution is 1.39. The van der Waals surface area contributed by atoms with Crippen molar-refractivity contribution >= 4 is 28.7 Å². The number of benzene rings is 2. The molecule has 0 amide bonds. The third-order valence-electron chi connectivity index (χ3n) is 3.03. The average Bonchev–Trinajstić information content (AvgIpc) is 2.37. The van der Waals surface area contributed by atoms with Gasteiger partial charge in [-0.2, -0.15) is 0 Å². The summed E-state index contributed by atoms with van der Waals surface area (Å²) in [6.45, 7) is 6.20. The van der Waals surface area contributed by atoms with Crippen molar-refractivity contribution in [1.29, 1.82) is 0 Å². The second kappa shape index (κ2) is 5.85. The highest BCUT2D eigenvalue weighted by molar-refractivity contribution is 7.80. The van der Waals surface area contributed by atoms with Gasteiger partial charge in [-0.15, -0.1) is 0 Å². The van der Waals surface area contributed by atoms with E-state index in [1.165, 1.54) is 16.7 Å². The normalized spacial score (nSPS) is 10.1. The van der Waals surface area contributed by atoms with Crippen LogP contribution in [0.15, 0.2) is 42.5 Å². The number of para-hydroxylation sites is 1. The maximum Gasteiger partial charge on any atom is 0.175 e. The van der Waals surface area contributed by atoms with Crippen molar-refractivity contribution in [3.8, 4) is 0 Å². The van der Waals surface area contributed by atoms with E-state index in [1.54, 1.807) is 0 Å². The summed E-state index contributed by atoms with van der Waals surface area (Å²) in [7, 11) is 0. The zero-order chi connectivity index (χ0) is 13.8. The Morgan fingerprint density at radius 2 is 1.47 bits per heavy atom. The van der Waals surface area contributed by atoms with Crippen molar-refractivity contribution in [1.82, 2.24) is 0 Å². The van der Waals surface area contributed by atoms with Gasteiger partial charge in [-0.25, -0.2) is 0 Å². The lowest BCUT2D eigenvalue weighted by Gasteiger charge is -2.14. The van der Waals surface area contributed by atoms with Crippen LogP contribution in [0.2, 0.25) is 0 Å². The highest BCUT2D eigenvalue weighted by Crippen LogP contribution is 2.18. The van der Waals surface area contributed by atoms with Crippen LogP contribution < -0.4 is 10.6 Å². The molecule has 0 bridgehead atoms. The first-order valence-electron chi connectivity index (χ1n) is 6.27. The molecule has 0 aromatic heterocycles. The molecule has 0 unspecified atom stereocenters. The third-order valence-corrected chi connectivity index (χ3v) is 3.24. The van der Waals surface area contributed by atoms with Gasteiger partial charge in [-0.05, 0) is 61.8 Å². The number of thiocarbonyl (C=S) groups is 1. The van der Waals surface area contributed by atoms with Gasteiger partial charge in [-0.3, -0.25) is 0 Å². The van der Waals surface area contributed by atoms with Crippen LogP contribution in [-0.4, -0.2) is 5.11 Å². The quantitative estimate of drug-likeness (QED) is 0.790. The van der Waals surface area contributed by atoms with Crippen LogP contribution in [0, 0.1) is 20.8 Å². The Bertz CT molecular complexity index is 605. The first kappa shape index (κ1) is 13.6. The molecular weight excluding hydrogens is 252 g/mol. The van der Waals surface area contributed by atoms with Crippen LogP contribution in [0.4, 0.5) is 11.4 Å². The summed E-state index contributed by atoms with van der Waals surface area (Å²) in [5.74, 6) is 0. The summed E-state index contributed by atoms with van der Waals surface area (Å²) in [6.07, 6.45) is 0. The average molecular weight is 270 g/mol. The standard InChI is InChI=1S/C16H18N2S/c1-11-8-9-13(3)15(10-11)18-16(19)17-14-7-5-4-6-12(14)2/h4-10H,1-3H3,(H2,17,18,19). The number of hydrogen-bond acceptors (Lipinski definition) is 1. The maximum atomic E-state index is 5.36. The molecule has 98 valence electrons. The highest BCUT2D eigenvalue weighted by atomic mass is 32.1. The molecule has 2 aromatic carbocycles. The van der Waals surface area contributed by atoms with Gasteiger partial charge in [-0.1, -0.05) is 30.3 Å². The van der Waals surface area contributed by atoms with E-state index in [0.717, 1.165) is 11.4 Å². The number of nitrogens with one attached hydrogen (secondary N) is 2. The van der Waals surface area contributed by atoms with E-state index >= 15 is 0 Å². The molecule has 0 heterocycles. The molecule has 0 saturated heterocycles. The Labute approximate surface area is 119 Å². The molecule has 0 saturated carbocycles. The highest BCUT2D eigenvalue weighted by Gasteiger charge is 2.03. The molecule has 0 radical (unpaired) electrons. The summed E-state index contributed by atoms with van der Waals surface area (Å²) >= 11 is 5.36. The fourth-order valence-electron chi connectivity index (χ4n) is 1.86. The third kappa shape index (κ3) is 3.55. The zero-order valence-corrected chi connectivity index (χ0v) is 12.3. The fourth-order valence-corrected chi connectivity index (χ4v) is 2.08. The molecule has 0 spiro atoms. The van der Waals surface area contributed by atoms with Crippen molar-refractivity contribution in [2.24, 2.45) is 0 Å². The molecule has 0 aliphatic heterocycles. The van der Waals surface area contributed by atoms with Gasteiger partial charge in [0.1, 0.15) is 0 Å². The monoisotopic (exact) mass is 270 g/mol. The molecule has 2 nitrogen and oxygen atoms in total. The topological polar surface area (TPSA) is 24.1 Å². The molecule has 0 fully saturated rings. The SMILES string of the molecule is Cc1ccc(C)c(NC(=S)Nc2ccccc2C)c1. The van der Waals surface area contributed by atoms with Crippen molar-refractivity contribution in [2.45, 2.75) is 20.8 Å². The molecule has 2 N–H and O–H groups in total. The maximum absolute atomic E-state index is 5.36. The minimum absolute atomic E-state index is 0.614. The van der Waals surface area contributed by atoms with Gasteiger partial charge < -0.3 is 10.6 Å². The zero-order valence-electron chi connectivity index (χ0n) is 11.4. The van der Waals surface area contributed by atoms with E-state index in [2.05, 4.69) is 55.7 Å².